The van der Waals surface area contributed by atoms with Crippen molar-refractivity contribution in [3.63, 3.8) is 0 Å². The minimum atomic E-state index is -0.457. The molecule has 0 fully saturated rings. The first kappa shape index (κ1) is 14.0. The summed E-state index contributed by atoms with van der Waals surface area (Å²) >= 11 is 6.72. The smallest absolute Gasteiger partial charge is 0.311 e. The van der Waals surface area contributed by atoms with Crippen LogP contribution in [0.15, 0.2) is 46.9 Å². The summed E-state index contributed by atoms with van der Waals surface area (Å²) in [5.41, 5.74) is 0.865. The van der Waals surface area contributed by atoms with Crippen molar-refractivity contribution in [2.75, 3.05) is 0 Å². The second-order valence-corrected chi connectivity index (χ2v) is 5.19. The number of halogens is 2. The SMILES string of the molecule is O=[N+]([O-])c1ccccc1Oc1cc(Br)ccc1CBr. The topological polar surface area (TPSA) is 52.4 Å². The molecule has 0 unspecified atom stereocenters. The molecule has 0 amide bonds. The van der Waals surface area contributed by atoms with Gasteiger partial charge in [-0.2, -0.15) is 0 Å². The Hall–Kier alpha value is -1.40. The average molecular weight is 387 g/mol. The van der Waals surface area contributed by atoms with Gasteiger partial charge in [-0.15, -0.1) is 0 Å². The van der Waals surface area contributed by atoms with Crippen LogP contribution in [0.4, 0.5) is 5.69 Å². The number of alkyl halides is 1. The number of nitro groups is 1. The van der Waals surface area contributed by atoms with Gasteiger partial charge in [0, 0.05) is 21.4 Å². The molecule has 0 radical (unpaired) electrons. The molecular weight excluding hydrogens is 378 g/mol. The van der Waals surface area contributed by atoms with Gasteiger partial charge in [0.25, 0.3) is 0 Å². The molecule has 6 heteroatoms. The molecule has 0 N–H and O–H groups in total. The molecule has 2 aromatic carbocycles. The summed E-state index contributed by atoms with van der Waals surface area (Å²) in [4.78, 5) is 10.5. The summed E-state index contributed by atoms with van der Waals surface area (Å²) in [6.07, 6.45) is 0. The molecule has 0 saturated carbocycles. The lowest BCUT2D eigenvalue weighted by molar-refractivity contribution is -0.385. The van der Waals surface area contributed by atoms with Gasteiger partial charge in [-0.3, -0.25) is 10.1 Å². The fraction of sp³-hybridized carbons (Fsp3) is 0.0769. The Balaban J connectivity index is 2.41. The van der Waals surface area contributed by atoms with Crippen LogP contribution >= 0.6 is 31.9 Å². The van der Waals surface area contributed by atoms with E-state index in [2.05, 4.69) is 31.9 Å². The predicted molar refractivity (Wildman–Crippen MR) is 79.9 cm³/mol. The third kappa shape index (κ3) is 3.33. The fourth-order valence-corrected chi connectivity index (χ4v) is 2.35. The lowest BCUT2D eigenvalue weighted by Crippen LogP contribution is -1.95. The number of hydrogen-bond donors (Lipinski definition) is 0. The zero-order valence-corrected chi connectivity index (χ0v) is 12.8. The van der Waals surface area contributed by atoms with E-state index >= 15 is 0 Å². The van der Waals surface area contributed by atoms with Gasteiger partial charge in [0.1, 0.15) is 5.75 Å². The van der Waals surface area contributed by atoms with Crippen LogP contribution in [-0.4, -0.2) is 4.92 Å². The predicted octanol–water partition coefficient (Wildman–Crippen LogP) is 5.04. The van der Waals surface area contributed by atoms with Crippen LogP contribution < -0.4 is 4.74 Å². The second kappa shape index (κ2) is 6.16. The molecule has 0 aliphatic heterocycles. The highest BCUT2D eigenvalue weighted by molar-refractivity contribution is 9.10. The maximum absolute atomic E-state index is 10.9. The molecule has 0 aromatic heterocycles. The van der Waals surface area contributed by atoms with E-state index in [4.69, 9.17) is 4.74 Å². The number of ether oxygens (including phenoxy) is 1. The zero-order chi connectivity index (χ0) is 13.8. The van der Waals surface area contributed by atoms with Crippen LogP contribution in [0, 0.1) is 10.1 Å². The van der Waals surface area contributed by atoms with E-state index in [1.54, 1.807) is 24.3 Å². The molecule has 0 aliphatic carbocycles. The third-order valence-corrected chi connectivity index (χ3v) is 3.55. The fourth-order valence-electron chi connectivity index (χ4n) is 1.55. The largest absolute Gasteiger partial charge is 0.450 e. The van der Waals surface area contributed by atoms with Crippen molar-refractivity contribution in [1.29, 1.82) is 0 Å². The zero-order valence-electron chi connectivity index (χ0n) is 9.68. The minimum Gasteiger partial charge on any atom is -0.450 e. The molecule has 19 heavy (non-hydrogen) atoms. The summed E-state index contributed by atoms with van der Waals surface area (Å²) in [5, 5.41) is 11.5. The Morgan fingerprint density at radius 1 is 1.16 bits per heavy atom. The molecule has 2 rings (SSSR count). The Labute approximate surface area is 126 Å². The summed E-state index contributed by atoms with van der Waals surface area (Å²) < 4.78 is 6.52. The van der Waals surface area contributed by atoms with Crippen LogP contribution in [0.25, 0.3) is 0 Å². The van der Waals surface area contributed by atoms with Crippen molar-refractivity contribution in [3.8, 4) is 11.5 Å². The summed E-state index contributed by atoms with van der Waals surface area (Å²) in [6, 6.07) is 11.9. The van der Waals surface area contributed by atoms with Gasteiger partial charge >= 0.3 is 5.69 Å². The molecular formula is C13H9Br2NO3. The maximum Gasteiger partial charge on any atom is 0.311 e. The summed E-state index contributed by atoms with van der Waals surface area (Å²) in [5.74, 6) is 0.813. The number of para-hydroxylation sites is 2. The first-order valence-electron chi connectivity index (χ1n) is 5.37. The highest BCUT2D eigenvalue weighted by Crippen LogP contribution is 2.34. The summed E-state index contributed by atoms with van der Waals surface area (Å²) in [7, 11) is 0. The number of hydrogen-bond acceptors (Lipinski definition) is 3. The van der Waals surface area contributed by atoms with Crippen molar-refractivity contribution in [3.05, 3.63) is 62.6 Å². The van der Waals surface area contributed by atoms with E-state index < -0.39 is 4.92 Å². The highest BCUT2D eigenvalue weighted by atomic mass is 79.9. The molecule has 98 valence electrons. The quantitative estimate of drug-likeness (QED) is 0.420. The van der Waals surface area contributed by atoms with Crippen molar-refractivity contribution in [2.24, 2.45) is 0 Å². The Kier molecular flexibility index (Phi) is 4.55. The van der Waals surface area contributed by atoms with E-state index in [1.165, 1.54) is 6.07 Å². The number of benzene rings is 2. The lowest BCUT2D eigenvalue weighted by atomic mass is 10.2. The Morgan fingerprint density at radius 2 is 1.89 bits per heavy atom. The van der Waals surface area contributed by atoms with E-state index in [0.29, 0.717) is 11.1 Å². The molecule has 0 spiro atoms. The standard InChI is InChI=1S/C13H9Br2NO3/c14-8-9-5-6-10(15)7-13(9)19-12-4-2-1-3-11(12)16(17)18/h1-7H,8H2. The van der Waals surface area contributed by atoms with Gasteiger partial charge in [-0.25, -0.2) is 0 Å². The normalized spacial score (nSPS) is 10.2. The summed E-state index contributed by atoms with van der Waals surface area (Å²) in [6.45, 7) is 0. The Bertz CT molecular complexity index is 617. The van der Waals surface area contributed by atoms with E-state index in [1.807, 2.05) is 12.1 Å². The first-order chi connectivity index (χ1) is 9.11. The van der Waals surface area contributed by atoms with Gasteiger partial charge in [-0.1, -0.05) is 50.1 Å². The maximum atomic E-state index is 10.9. The number of rotatable bonds is 4. The number of nitrogens with zero attached hydrogens (tertiary/aromatic N) is 1. The molecule has 0 bridgehead atoms. The van der Waals surface area contributed by atoms with Crippen LogP contribution in [0.5, 0.6) is 11.5 Å². The molecule has 4 nitrogen and oxygen atoms in total. The van der Waals surface area contributed by atoms with Crippen LogP contribution in [0.2, 0.25) is 0 Å². The van der Waals surface area contributed by atoms with Crippen molar-refractivity contribution >= 4 is 37.5 Å². The average Bonchev–Trinajstić information content (AvgIpc) is 2.39. The van der Waals surface area contributed by atoms with E-state index in [-0.39, 0.29) is 11.4 Å². The first-order valence-corrected chi connectivity index (χ1v) is 7.29. The lowest BCUT2D eigenvalue weighted by Gasteiger charge is -2.10. The van der Waals surface area contributed by atoms with Gasteiger partial charge < -0.3 is 4.74 Å². The van der Waals surface area contributed by atoms with Gasteiger partial charge in [0.2, 0.25) is 5.75 Å². The molecule has 2 aromatic rings. The monoisotopic (exact) mass is 385 g/mol. The Morgan fingerprint density at radius 3 is 2.58 bits per heavy atom. The molecule has 0 saturated heterocycles. The third-order valence-electron chi connectivity index (χ3n) is 2.46. The van der Waals surface area contributed by atoms with Crippen molar-refractivity contribution in [2.45, 2.75) is 5.33 Å². The second-order valence-electron chi connectivity index (χ2n) is 3.71. The van der Waals surface area contributed by atoms with Crippen molar-refractivity contribution < 1.29 is 9.66 Å². The van der Waals surface area contributed by atoms with Crippen LogP contribution in [-0.2, 0) is 5.33 Å². The van der Waals surface area contributed by atoms with Gasteiger partial charge in [-0.05, 0) is 18.2 Å². The van der Waals surface area contributed by atoms with Crippen LogP contribution in [0.1, 0.15) is 5.56 Å². The van der Waals surface area contributed by atoms with Crippen molar-refractivity contribution in [1.82, 2.24) is 0 Å². The highest BCUT2D eigenvalue weighted by Gasteiger charge is 2.15. The number of nitro benzene ring substituents is 1. The molecule has 0 heterocycles. The van der Waals surface area contributed by atoms with Gasteiger partial charge in [0.05, 0.1) is 4.92 Å². The minimum absolute atomic E-state index is 0.0528. The van der Waals surface area contributed by atoms with E-state index in [0.717, 1.165) is 10.0 Å². The van der Waals surface area contributed by atoms with Gasteiger partial charge in [0.15, 0.2) is 0 Å². The van der Waals surface area contributed by atoms with Crippen LogP contribution in [0.3, 0.4) is 0 Å². The molecule has 0 atom stereocenters. The van der Waals surface area contributed by atoms with E-state index in [9.17, 15) is 10.1 Å². The molecule has 0 aliphatic rings.